The third-order valence-corrected chi connectivity index (χ3v) is 6.41. The molecule has 0 amide bonds. The van der Waals surface area contributed by atoms with Crippen molar-refractivity contribution >= 4 is 16.9 Å². The van der Waals surface area contributed by atoms with E-state index in [1.807, 2.05) is 19.9 Å². The first kappa shape index (κ1) is 24.3. The van der Waals surface area contributed by atoms with Gasteiger partial charge in [-0.3, -0.25) is 4.79 Å². The molecule has 1 atom stereocenters. The summed E-state index contributed by atoms with van der Waals surface area (Å²) in [4.78, 5) is 24.7. The Kier molecular flexibility index (Phi) is 6.83. The van der Waals surface area contributed by atoms with E-state index in [-0.39, 0.29) is 16.9 Å². The molecule has 3 aromatic carbocycles. The van der Waals surface area contributed by atoms with E-state index in [1.54, 1.807) is 31.2 Å². The Balaban J connectivity index is 1.69. The van der Waals surface area contributed by atoms with Gasteiger partial charge in [-0.25, -0.2) is 13.6 Å². The second-order valence-corrected chi connectivity index (χ2v) is 9.00. The Labute approximate surface area is 201 Å². The number of carboxylic acids is 1. The number of benzene rings is 3. The average molecular weight is 477 g/mol. The molecule has 0 aliphatic carbocycles. The van der Waals surface area contributed by atoms with Crippen molar-refractivity contribution in [2.45, 2.75) is 46.0 Å². The van der Waals surface area contributed by atoms with Gasteiger partial charge in [0.1, 0.15) is 23.0 Å². The van der Waals surface area contributed by atoms with Gasteiger partial charge in [-0.2, -0.15) is 0 Å². The monoisotopic (exact) mass is 476 g/mol. The molecule has 1 N–H and O–H groups in total. The summed E-state index contributed by atoms with van der Waals surface area (Å²) in [6.07, 6.45) is 1.69. The predicted octanol–water partition coefficient (Wildman–Crippen LogP) is 7.18. The number of aromatic carboxylic acids is 1. The van der Waals surface area contributed by atoms with Gasteiger partial charge >= 0.3 is 5.97 Å². The van der Waals surface area contributed by atoms with Crippen molar-refractivity contribution in [1.82, 2.24) is 0 Å². The molecule has 0 spiro atoms. The van der Waals surface area contributed by atoms with Gasteiger partial charge in [-0.05, 0) is 80.0 Å². The summed E-state index contributed by atoms with van der Waals surface area (Å²) in [6.45, 7) is 5.60. The van der Waals surface area contributed by atoms with Crippen molar-refractivity contribution in [2.75, 3.05) is 0 Å². The first-order valence-corrected chi connectivity index (χ1v) is 11.5. The highest BCUT2D eigenvalue weighted by Gasteiger charge is 2.20. The Morgan fingerprint density at radius 1 is 1.06 bits per heavy atom. The van der Waals surface area contributed by atoms with E-state index in [1.165, 1.54) is 18.2 Å². The van der Waals surface area contributed by atoms with E-state index in [0.717, 1.165) is 17.2 Å². The van der Waals surface area contributed by atoms with Crippen molar-refractivity contribution < 1.29 is 23.1 Å². The number of rotatable bonds is 7. The number of hydrogen-bond acceptors (Lipinski definition) is 3. The van der Waals surface area contributed by atoms with E-state index in [2.05, 4.69) is 0 Å². The van der Waals surface area contributed by atoms with Gasteiger partial charge in [-0.15, -0.1) is 0 Å². The van der Waals surface area contributed by atoms with E-state index >= 15 is 0 Å². The van der Waals surface area contributed by atoms with Crippen molar-refractivity contribution in [1.29, 1.82) is 0 Å². The van der Waals surface area contributed by atoms with E-state index in [4.69, 9.17) is 4.42 Å². The zero-order valence-corrected chi connectivity index (χ0v) is 19.8. The van der Waals surface area contributed by atoms with Crippen LogP contribution in [0.15, 0.2) is 63.8 Å². The summed E-state index contributed by atoms with van der Waals surface area (Å²) in [5, 5.41) is 9.84. The zero-order valence-electron chi connectivity index (χ0n) is 19.8. The number of fused-ring (bicyclic) bond motifs is 1. The maximum absolute atomic E-state index is 14.0. The molecule has 6 heteroatoms. The fourth-order valence-electron chi connectivity index (χ4n) is 4.61. The first-order chi connectivity index (χ1) is 16.7. The van der Waals surface area contributed by atoms with Crippen LogP contribution in [0.3, 0.4) is 0 Å². The van der Waals surface area contributed by atoms with Crippen molar-refractivity contribution in [3.8, 4) is 11.3 Å². The number of carboxylic acid groups (broad SMARTS) is 1. The fourth-order valence-corrected chi connectivity index (χ4v) is 4.61. The Bertz CT molecular complexity index is 1490. The molecule has 4 nitrogen and oxygen atoms in total. The fraction of sp³-hybridized carbons (Fsp3) is 0.241. The minimum atomic E-state index is -1.28. The highest BCUT2D eigenvalue weighted by atomic mass is 19.1. The van der Waals surface area contributed by atoms with E-state index in [0.29, 0.717) is 52.7 Å². The standard InChI is InChI=1S/C29H26F2O4/c1-16-13-22(17(2)7-4-8-19-9-6-12-24(31)25(19)29(33)34)28-23(14-16)26(32)18(3)27(35-28)20-10-5-11-21(30)15-20/h5-6,9-15,17H,4,7-8H2,1-3H3,(H,33,34). The smallest absolute Gasteiger partial charge is 0.338 e. The van der Waals surface area contributed by atoms with Crippen LogP contribution in [0.25, 0.3) is 22.3 Å². The largest absolute Gasteiger partial charge is 0.478 e. The van der Waals surface area contributed by atoms with Crippen LogP contribution in [-0.2, 0) is 6.42 Å². The minimum Gasteiger partial charge on any atom is -0.478 e. The molecule has 35 heavy (non-hydrogen) atoms. The molecule has 180 valence electrons. The molecule has 0 fully saturated rings. The molecule has 0 aliphatic heterocycles. The maximum atomic E-state index is 14.0. The normalized spacial score (nSPS) is 12.1. The predicted molar refractivity (Wildman–Crippen MR) is 132 cm³/mol. The van der Waals surface area contributed by atoms with Gasteiger partial charge in [0.15, 0.2) is 5.43 Å². The summed E-state index contributed by atoms with van der Waals surface area (Å²) in [6, 6.07) is 14.0. The van der Waals surface area contributed by atoms with Crippen molar-refractivity contribution in [3.05, 3.63) is 104 Å². The first-order valence-electron chi connectivity index (χ1n) is 11.5. The van der Waals surface area contributed by atoms with Crippen molar-refractivity contribution in [2.24, 2.45) is 0 Å². The summed E-state index contributed by atoms with van der Waals surface area (Å²) >= 11 is 0. The summed E-state index contributed by atoms with van der Waals surface area (Å²) < 4.78 is 34.1. The molecule has 1 heterocycles. The van der Waals surface area contributed by atoms with Crippen LogP contribution in [0.2, 0.25) is 0 Å². The third-order valence-electron chi connectivity index (χ3n) is 6.41. The molecule has 4 aromatic rings. The van der Waals surface area contributed by atoms with Crippen LogP contribution < -0.4 is 5.43 Å². The average Bonchev–Trinajstić information content (AvgIpc) is 2.81. The number of carbonyl (C=O) groups is 1. The van der Waals surface area contributed by atoms with Gasteiger partial charge in [0.25, 0.3) is 0 Å². The van der Waals surface area contributed by atoms with Crippen LogP contribution in [0.1, 0.15) is 58.3 Å². The molecule has 0 saturated heterocycles. The zero-order chi connectivity index (χ0) is 25.3. The third kappa shape index (κ3) is 4.87. The molecular formula is C29H26F2O4. The highest BCUT2D eigenvalue weighted by molar-refractivity contribution is 5.89. The number of halogens is 2. The van der Waals surface area contributed by atoms with Gasteiger partial charge in [0.05, 0.1) is 10.9 Å². The van der Waals surface area contributed by atoms with Crippen molar-refractivity contribution in [3.63, 3.8) is 0 Å². The van der Waals surface area contributed by atoms with Gasteiger partial charge in [-0.1, -0.05) is 37.3 Å². The molecule has 0 saturated carbocycles. The van der Waals surface area contributed by atoms with E-state index in [9.17, 15) is 23.5 Å². The SMILES string of the molecule is Cc1cc(C(C)CCCc2cccc(F)c2C(=O)O)c2oc(-c3cccc(F)c3)c(C)c(=O)c2c1. The van der Waals surface area contributed by atoms with Gasteiger partial charge in [0, 0.05) is 11.1 Å². The van der Waals surface area contributed by atoms with Crippen LogP contribution >= 0.6 is 0 Å². The second kappa shape index (κ2) is 9.82. The Hall–Kier alpha value is -3.80. The lowest BCUT2D eigenvalue weighted by Gasteiger charge is -2.17. The topological polar surface area (TPSA) is 67.5 Å². The summed E-state index contributed by atoms with van der Waals surface area (Å²) in [5.74, 6) is -2.12. The van der Waals surface area contributed by atoms with Gasteiger partial charge in [0.2, 0.25) is 0 Å². The van der Waals surface area contributed by atoms with Crippen LogP contribution in [-0.4, -0.2) is 11.1 Å². The quantitative estimate of drug-likeness (QED) is 0.307. The summed E-state index contributed by atoms with van der Waals surface area (Å²) in [5.41, 5.74) is 3.16. The Morgan fingerprint density at radius 2 is 1.80 bits per heavy atom. The number of aryl methyl sites for hydroxylation is 2. The second-order valence-electron chi connectivity index (χ2n) is 9.00. The lowest BCUT2D eigenvalue weighted by atomic mass is 9.90. The molecule has 0 radical (unpaired) electrons. The molecule has 0 aliphatic rings. The lowest BCUT2D eigenvalue weighted by molar-refractivity contribution is 0.0690. The lowest BCUT2D eigenvalue weighted by Crippen LogP contribution is -2.10. The van der Waals surface area contributed by atoms with Crippen LogP contribution in [0.4, 0.5) is 8.78 Å². The summed E-state index contributed by atoms with van der Waals surface area (Å²) in [7, 11) is 0. The molecule has 0 bridgehead atoms. The van der Waals surface area contributed by atoms with Crippen LogP contribution in [0.5, 0.6) is 0 Å². The van der Waals surface area contributed by atoms with E-state index < -0.39 is 17.6 Å². The minimum absolute atomic E-state index is 0.0227. The number of hydrogen-bond donors (Lipinski definition) is 1. The molecule has 1 unspecified atom stereocenters. The van der Waals surface area contributed by atoms with Crippen LogP contribution in [0, 0.1) is 25.5 Å². The maximum Gasteiger partial charge on any atom is 0.338 e. The van der Waals surface area contributed by atoms with Gasteiger partial charge < -0.3 is 9.52 Å². The highest BCUT2D eigenvalue weighted by Crippen LogP contribution is 2.33. The molecule has 4 rings (SSSR count). The molecular weight excluding hydrogens is 450 g/mol. The Morgan fingerprint density at radius 3 is 2.51 bits per heavy atom. The molecule has 1 aromatic heterocycles.